The minimum Gasteiger partial charge on any atom is -0.410 e. The summed E-state index contributed by atoms with van der Waals surface area (Å²) >= 11 is 2.80. The van der Waals surface area contributed by atoms with Crippen molar-refractivity contribution in [1.29, 1.82) is 0 Å². The van der Waals surface area contributed by atoms with Gasteiger partial charge in [0.05, 0.1) is 10.6 Å². The molecule has 0 aliphatic rings. The highest BCUT2D eigenvalue weighted by Gasteiger charge is 2.13. The van der Waals surface area contributed by atoms with Gasteiger partial charge in [0.2, 0.25) is 5.91 Å². The van der Waals surface area contributed by atoms with E-state index in [0.717, 1.165) is 17.7 Å². The Morgan fingerprint density at radius 1 is 1.24 bits per heavy atom. The first-order valence-electron chi connectivity index (χ1n) is 8.04. The highest BCUT2D eigenvalue weighted by Crippen LogP contribution is 2.26. The largest absolute Gasteiger partial charge is 0.410 e. The summed E-state index contributed by atoms with van der Waals surface area (Å²) in [6.07, 6.45) is 1.85. The lowest BCUT2D eigenvalue weighted by Crippen LogP contribution is -2.34. The Labute approximate surface area is 154 Å². The van der Waals surface area contributed by atoms with Gasteiger partial charge in [-0.1, -0.05) is 48.2 Å². The minimum atomic E-state index is -0.0264. The molecule has 0 saturated carbocycles. The van der Waals surface area contributed by atoms with Gasteiger partial charge in [-0.2, -0.15) is 0 Å². The number of carbonyl (C=O) groups is 1. The molecule has 0 radical (unpaired) electrons. The van der Waals surface area contributed by atoms with Crippen LogP contribution in [0.4, 0.5) is 0 Å². The fourth-order valence-corrected chi connectivity index (χ4v) is 3.53. The molecule has 1 N–H and O–H groups in total. The predicted octanol–water partition coefficient (Wildman–Crippen LogP) is 4.03. The number of aromatic nitrogens is 2. The minimum absolute atomic E-state index is 0.0264. The molecule has 2 heterocycles. The summed E-state index contributed by atoms with van der Waals surface area (Å²) in [6, 6.07) is 14.3. The lowest BCUT2D eigenvalue weighted by molar-refractivity contribution is -0.119. The molecule has 2 aromatic heterocycles. The van der Waals surface area contributed by atoms with Crippen molar-refractivity contribution in [3.63, 3.8) is 0 Å². The quantitative estimate of drug-likeness (QED) is 0.604. The Morgan fingerprint density at radius 3 is 2.84 bits per heavy atom. The average molecular weight is 374 g/mol. The molecule has 3 rings (SSSR count). The van der Waals surface area contributed by atoms with Crippen molar-refractivity contribution in [3.8, 4) is 10.8 Å². The molecule has 0 fully saturated rings. The van der Waals surface area contributed by atoms with E-state index in [2.05, 4.69) is 27.6 Å². The Balaban J connectivity index is 1.40. The van der Waals surface area contributed by atoms with Crippen molar-refractivity contribution >= 4 is 29.0 Å². The van der Waals surface area contributed by atoms with Gasteiger partial charge in [0.15, 0.2) is 0 Å². The third-order valence-corrected chi connectivity index (χ3v) is 5.26. The second-order valence-corrected chi connectivity index (χ2v) is 7.51. The summed E-state index contributed by atoms with van der Waals surface area (Å²) in [6.45, 7) is 2.02. The SMILES string of the molecule is C[C@H](CCc1ccccc1)NC(=O)CSc1nnc(-c2cccs2)o1. The van der Waals surface area contributed by atoms with Crippen molar-refractivity contribution in [2.45, 2.75) is 31.0 Å². The summed E-state index contributed by atoms with van der Waals surface area (Å²) < 4.78 is 5.56. The van der Waals surface area contributed by atoms with Crippen LogP contribution in [0.25, 0.3) is 10.8 Å². The maximum atomic E-state index is 12.1. The normalized spacial score (nSPS) is 12.0. The molecule has 7 heteroatoms. The topological polar surface area (TPSA) is 68.0 Å². The zero-order chi connectivity index (χ0) is 17.5. The van der Waals surface area contributed by atoms with E-state index >= 15 is 0 Å². The van der Waals surface area contributed by atoms with E-state index < -0.39 is 0 Å². The van der Waals surface area contributed by atoms with Gasteiger partial charge in [-0.25, -0.2) is 0 Å². The van der Waals surface area contributed by atoms with Gasteiger partial charge in [-0.05, 0) is 36.8 Å². The van der Waals surface area contributed by atoms with Crippen molar-refractivity contribution in [2.75, 3.05) is 5.75 Å². The van der Waals surface area contributed by atoms with E-state index in [1.54, 1.807) is 11.3 Å². The first-order valence-corrected chi connectivity index (χ1v) is 9.90. The molecule has 130 valence electrons. The maximum Gasteiger partial charge on any atom is 0.277 e. The fraction of sp³-hybridized carbons (Fsp3) is 0.278. The molecule has 25 heavy (non-hydrogen) atoms. The fourth-order valence-electron chi connectivity index (χ4n) is 2.31. The number of benzene rings is 1. The van der Waals surface area contributed by atoms with Crippen LogP contribution >= 0.6 is 23.1 Å². The molecule has 0 saturated heterocycles. The highest BCUT2D eigenvalue weighted by atomic mass is 32.2. The number of aryl methyl sites for hydroxylation is 1. The monoisotopic (exact) mass is 373 g/mol. The number of thiophene rings is 1. The average Bonchev–Trinajstić information content (AvgIpc) is 3.30. The predicted molar refractivity (Wildman–Crippen MR) is 101 cm³/mol. The molecule has 0 spiro atoms. The van der Waals surface area contributed by atoms with Crippen LogP contribution in [-0.2, 0) is 11.2 Å². The molecular formula is C18H19N3O2S2. The number of hydrogen-bond acceptors (Lipinski definition) is 6. The van der Waals surface area contributed by atoms with E-state index in [4.69, 9.17) is 4.42 Å². The van der Waals surface area contributed by atoms with Crippen LogP contribution in [-0.4, -0.2) is 27.9 Å². The summed E-state index contributed by atoms with van der Waals surface area (Å²) in [5.74, 6) is 0.734. The van der Waals surface area contributed by atoms with Crippen molar-refractivity contribution in [1.82, 2.24) is 15.5 Å². The number of hydrogen-bond donors (Lipinski definition) is 1. The molecule has 0 unspecified atom stereocenters. The van der Waals surface area contributed by atoms with Gasteiger partial charge in [-0.3, -0.25) is 4.79 Å². The van der Waals surface area contributed by atoms with Gasteiger partial charge in [0.1, 0.15) is 0 Å². The van der Waals surface area contributed by atoms with Crippen LogP contribution in [0.3, 0.4) is 0 Å². The first kappa shape index (κ1) is 17.7. The van der Waals surface area contributed by atoms with E-state index in [1.165, 1.54) is 17.3 Å². The maximum absolute atomic E-state index is 12.1. The number of thioether (sulfide) groups is 1. The van der Waals surface area contributed by atoms with Gasteiger partial charge >= 0.3 is 0 Å². The van der Waals surface area contributed by atoms with Crippen LogP contribution < -0.4 is 5.32 Å². The number of nitrogens with one attached hydrogen (secondary N) is 1. The van der Waals surface area contributed by atoms with Crippen molar-refractivity contribution in [2.24, 2.45) is 0 Å². The molecule has 1 atom stereocenters. The second-order valence-electron chi connectivity index (χ2n) is 5.63. The van der Waals surface area contributed by atoms with Crippen LogP contribution in [0.5, 0.6) is 0 Å². The van der Waals surface area contributed by atoms with E-state index in [1.807, 2.05) is 42.6 Å². The molecule has 1 amide bonds. The van der Waals surface area contributed by atoms with Crippen molar-refractivity contribution < 1.29 is 9.21 Å². The zero-order valence-corrected chi connectivity index (χ0v) is 15.5. The van der Waals surface area contributed by atoms with Crippen LogP contribution in [0.15, 0.2) is 57.5 Å². The first-order chi connectivity index (χ1) is 12.2. The van der Waals surface area contributed by atoms with Gasteiger partial charge < -0.3 is 9.73 Å². The standard InChI is InChI=1S/C18H19N3O2S2/c1-13(9-10-14-6-3-2-4-7-14)19-16(22)12-25-18-21-20-17(23-18)15-8-5-11-24-15/h2-8,11,13H,9-10,12H2,1H3,(H,19,22)/t13-/m1/s1. The number of amides is 1. The molecular weight excluding hydrogens is 354 g/mol. The molecule has 1 aromatic carbocycles. The molecule has 0 bridgehead atoms. The number of carbonyl (C=O) groups excluding carboxylic acids is 1. The summed E-state index contributed by atoms with van der Waals surface area (Å²) in [7, 11) is 0. The molecule has 5 nitrogen and oxygen atoms in total. The van der Waals surface area contributed by atoms with Gasteiger partial charge in [0, 0.05) is 6.04 Å². The molecule has 0 aliphatic carbocycles. The zero-order valence-electron chi connectivity index (χ0n) is 13.8. The highest BCUT2D eigenvalue weighted by molar-refractivity contribution is 7.99. The van der Waals surface area contributed by atoms with Crippen LogP contribution in [0.2, 0.25) is 0 Å². The lowest BCUT2D eigenvalue weighted by Gasteiger charge is -2.13. The Kier molecular flexibility index (Phi) is 6.25. The van der Waals surface area contributed by atoms with Crippen LogP contribution in [0.1, 0.15) is 18.9 Å². The van der Waals surface area contributed by atoms with Crippen molar-refractivity contribution in [3.05, 3.63) is 53.4 Å². The second kappa shape index (κ2) is 8.82. The van der Waals surface area contributed by atoms with Crippen LogP contribution in [0, 0.1) is 0 Å². The van der Waals surface area contributed by atoms with E-state index in [0.29, 0.717) is 11.1 Å². The number of rotatable bonds is 8. The van der Waals surface area contributed by atoms with Gasteiger partial charge in [0.25, 0.3) is 11.1 Å². The Morgan fingerprint density at radius 2 is 2.08 bits per heavy atom. The number of nitrogens with zero attached hydrogens (tertiary/aromatic N) is 2. The van der Waals surface area contributed by atoms with E-state index in [-0.39, 0.29) is 17.7 Å². The summed E-state index contributed by atoms with van der Waals surface area (Å²) in [5.41, 5.74) is 1.28. The lowest BCUT2D eigenvalue weighted by atomic mass is 10.1. The smallest absolute Gasteiger partial charge is 0.277 e. The Bertz CT molecular complexity index is 788. The third-order valence-electron chi connectivity index (χ3n) is 3.58. The van der Waals surface area contributed by atoms with E-state index in [9.17, 15) is 4.79 Å². The summed E-state index contributed by atoms with van der Waals surface area (Å²) in [5, 5.41) is 13.3. The molecule has 3 aromatic rings. The Hall–Kier alpha value is -2.12. The molecule has 0 aliphatic heterocycles. The summed E-state index contributed by atoms with van der Waals surface area (Å²) in [4.78, 5) is 13.0. The van der Waals surface area contributed by atoms with Gasteiger partial charge in [-0.15, -0.1) is 21.5 Å². The third kappa shape index (κ3) is 5.44.